The highest BCUT2D eigenvalue weighted by atomic mass is 16.2. The third-order valence-electron chi connectivity index (χ3n) is 6.13. The van der Waals surface area contributed by atoms with Crippen LogP contribution in [0, 0.1) is 0 Å². The summed E-state index contributed by atoms with van der Waals surface area (Å²) in [6.45, 7) is 4.33. The van der Waals surface area contributed by atoms with Gasteiger partial charge in [-0.25, -0.2) is 0 Å². The maximum atomic E-state index is 13.3. The van der Waals surface area contributed by atoms with E-state index in [2.05, 4.69) is 5.10 Å². The molecule has 0 spiro atoms. The summed E-state index contributed by atoms with van der Waals surface area (Å²) in [5.74, 6) is -0.220. The zero-order valence-electron chi connectivity index (χ0n) is 17.6. The van der Waals surface area contributed by atoms with Gasteiger partial charge < -0.3 is 14.4 Å². The number of carbonyl (C=O) groups excluding carboxylic acids is 2. The number of carbonyl (C=O) groups is 2. The van der Waals surface area contributed by atoms with Gasteiger partial charge in [-0.05, 0) is 19.3 Å². The first-order chi connectivity index (χ1) is 15.1. The lowest BCUT2D eigenvalue weighted by atomic mass is 10.1. The molecular formula is C23H25N5O3. The van der Waals surface area contributed by atoms with Crippen LogP contribution in [0.2, 0.25) is 0 Å². The van der Waals surface area contributed by atoms with Crippen molar-refractivity contribution in [2.45, 2.75) is 39.3 Å². The van der Waals surface area contributed by atoms with E-state index in [1.54, 1.807) is 15.5 Å². The van der Waals surface area contributed by atoms with Gasteiger partial charge in [0.25, 0.3) is 11.5 Å². The highest BCUT2D eigenvalue weighted by molar-refractivity contribution is 5.98. The number of nitrogens with zero attached hydrogens (tertiary/aromatic N) is 5. The third kappa shape index (κ3) is 3.22. The molecule has 2 aliphatic heterocycles. The normalized spacial score (nSPS) is 15.8. The lowest BCUT2D eigenvalue weighted by Gasteiger charge is -2.19. The number of hydrogen-bond donors (Lipinski definition) is 0. The van der Waals surface area contributed by atoms with Crippen LogP contribution in [0.3, 0.4) is 0 Å². The number of benzene rings is 1. The second kappa shape index (κ2) is 7.68. The van der Waals surface area contributed by atoms with E-state index in [0.717, 1.165) is 37.9 Å². The van der Waals surface area contributed by atoms with Crippen molar-refractivity contribution in [1.82, 2.24) is 24.0 Å². The van der Waals surface area contributed by atoms with E-state index in [4.69, 9.17) is 0 Å². The Balaban J connectivity index is 1.68. The fourth-order valence-corrected chi connectivity index (χ4v) is 4.58. The van der Waals surface area contributed by atoms with Gasteiger partial charge in [0, 0.05) is 31.3 Å². The molecule has 5 rings (SSSR count). The molecule has 2 amide bonds. The summed E-state index contributed by atoms with van der Waals surface area (Å²) in [6.07, 6.45) is 2.80. The van der Waals surface area contributed by atoms with Crippen molar-refractivity contribution in [1.29, 1.82) is 0 Å². The Morgan fingerprint density at radius 3 is 2.55 bits per heavy atom. The highest BCUT2D eigenvalue weighted by Gasteiger charge is 2.35. The molecule has 0 bridgehead atoms. The van der Waals surface area contributed by atoms with E-state index < -0.39 is 0 Å². The van der Waals surface area contributed by atoms with Crippen LogP contribution in [0.1, 0.15) is 42.2 Å². The Morgan fingerprint density at radius 1 is 1.10 bits per heavy atom. The Morgan fingerprint density at radius 2 is 1.84 bits per heavy atom. The van der Waals surface area contributed by atoms with Gasteiger partial charge in [0.1, 0.15) is 17.9 Å². The van der Waals surface area contributed by atoms with E-state index in [1.807, 2.05) is 42.2 Å². The number of hydrogen-bond acceptors (Lipinski definition) is 4. The fourth-order valence-electron chi connectivity index (χ4n) is 4.58. The fraction of sp³-hybridized carbons (Fsp3) is 0.391. The summed E-state index contributed by atoms with van der Waals surface area (Å²) in [4.78, 5) is 43.0. The van der Waals surface area contributed by atoms with Crippen LogP contribution >= 0.6 is 0 Å². The van der Waals surface area contributed by atoms with Crippen molar-refractivity contribution in [3.05, 3.63) is 58.0 Å². The SMILES string of the molecule is CCCN1Cc2c(n(CC(=O)N3CCCC3)c3cc(-c4ccccc4)nn3c2=O)C1=O. The Labute approximate surface area is 179 Å². The van der Waals surface area contributed by atoms with Gasteiger partial charge in [-0.1, -0.05) is 37.3 Å². The molecule has 2 aromatic heterocycles. The molecule has 31 heavy (non-hydrogen) atoms. The smallest absolute Gasteiger partial charge is 0.280 e. The molecule has 0 radical (unpaired) electrons. The minimum atomic E-state index is -0.288. The zero-order valence-corrected chi connectivity index (χ0v) is 17.6. The first-order valence-corrected chi connectivity index (χ1v) is 10.9. The van der Waals surface area contributed by atoms with E-state index >= 15 is 0 Å². The predicted octanol–water partition coefficient (Wildman–Crippen LogP) is 2.15. The molecule has 2 aliphatic rings. The van der Waals surface area contributed by atoms with Crippen LogP contribution < -0.4 is 5.56 Å². The van der Waals surface area contributed by atoms with E-state index in [9.17, 15) is 14.4 Å². The second-order valence-electron chi connectivity index (χ2n) is 8.20. The molecule has 3 aromatic rings. The molecule has 8 nitrogen and oxygen atoms in total. The number of amides is 2. The quantitative estimate of drug-likeness (QED) is 0.635. The van der Waals surface area contributed by atoms with Gasteiger partial charge in [0.2, 0.25) is 5.91 Å². The molecule has 8 heteroatoms. The molecule has 160 valence electrons. The van der Waals surface area contributed by atoms with E-state index in [-0.39, 0.29) is 30.5 Å². The largest absolute Gasteiger partial charge is 0.341 e. The maximum Gasteiger partial charge on any atom is 0.280 e. The number of fused-ring (bicyclic) bond motifs is 2. The van der Waals surface area contributed by atoms with Crippen LogP contribution in [0.15, 0.2) is 41.2 Å². The van der Waals surface area contributed by atoms with Crippen LogP contribution in [0.4, 0.5) is 0 Å². The molecule has 0 atom stereocenters. The van der Waals surface area contributed by atoms with Gasteiger partial charge >= 0.3 is 0 Å². The lowest BCUT2D eigenvalue weighted by Crippen LogP contribution is -2.34. The molecule has 1 aromatic carbocycles. The average molecular weight is 419 g/mol. The van der Waals surface area contributed by atoms with Crippen molar-refractivity contribution in [2.75, 3.05) is 19.6 Å². The zero-order chi connectivity index (χ0) is 21.5. The Kier molecular flexibility index (Phi) is 4.84. The van der Waals surface area contributed by atoms with Crippen molar-refractivity contribution in [3.63, 3.8) is 0 Å². The van der Waals surface area contributed by atoms with Crippen LogP contribution in [0.25, 0.3) is 16.9 Å². The molecular weight excluding hydrogens is 394 g/mol. The molecule has 0 unspecified atom stereocenters. The van der Waals surface area contributed by atoms with Crippen molar-refractivity contribution < 1.29 is 9.59 Å². The van der Waals surface area contributed by atoms with Crippen molar-refractivity contribution in [2.24, 2.45) is 0 Å². The number of likely N-dealkylation sites (tertiary alicyclic amines) is 1. The summed E-state index contributed by atoms with van der Waals surface area (Å²) < 4.78 is 3.05. The standard InChI is InChI=1S/C23H25N5O3/c1-2-10-26-14-17-21(23(26)31)27(15-20(29)25-11-6-7-12-25)19-13-18(24-28(19)22(17)30)16-8-4-3-5-9-16/h3-5,8-9,13H,2,6-7,10-12,14-15H2,1H3. The summed E-state index contributed by atoms with van der Waals surface area (Å²) in [5, 5.41) is 4.55. The lowest BCUT2D eigenvalue weighted by molar-refractivity contribution is -0.130. The van der Waals surface area contributed by atoms with Crippen LogP contribution in [-0.2, 0) is 17.9 Å². The maximum absolute atomic E-state index is 13.3. The van der Waals surface area contributed by atoms with Crippen molar-refractivity contribution in [3.8, 4) is 11.3 Å². The number of rotatable bonds is 5. The van der Waals surface area contributed by atoms with E-state index in [1.165, 1.54) is 4.52 Å². The third-order valence-corrected chi connectivity index (χ3v) is 6.13. The van der Waals surface area contributed by atoms with Crippen molar-refractivity contribution >= 4 is 17.5 Å². The number of aromatic nitrogens is 3. The summed E-state index contributed by atoms with van der Waals surface area (Å²) >= 11 is 0. The molecule has 0 saturated carbocycles. The summed E-state index contributed by atoms with van der Waals surface area (Å²) in [5.41, 5.74) is 2.45. The monoisotopic (exact) mass is 419 g/mol. The van der Waals surface area contributed by atoms with Crippen LogP contribution in [0.5, 0.6) is 0 Å². The second-order valence-corrected chi connectivity index (χ2v) is 8.20. The Hall–Kier alpha value is -3.42. The highest BCUT2D eigenvalue weighted by Crippen LogP contribution is 2.25. The predicted molar refractivity (Wildman–Crippen MR) is 116 cm³/mol. The summed E-state index contributed by atoms with van der Waals surface area (Å²) in [6, 6.07) is 11.4. The molecule has 0 aliphatic carbocycles. The van der Waals surface area contributed by atoms with E-state index in [0.29, 0.717) is 29.1 Å². The van der Waals surface area contributed by atoms with Gasteiger partial charge in [-0.2, -0.15) is 9.61 Å². The first-order valence-electron chi connectivity index (χ1n) is 10.9. The Bertz CT molecular complexity index is 1220. The van der Waals surface area contributed by atoms with Gasteiger partial charge in [0.15, 0.2) is 0 Å². The molecule has 0 N–H and O–H groups in total. The van der Waals surface area contributed by atoms with Gasteiger partial charge in [0.05, 0.1) is 17.8 Å². The topological polar surface area (TPSA) is 79.9 Å². The first kappa shape index (κ1) is 19.5. The van der Waals surface area contributed by atoms with Gasteiger partial charge in [-0.3, -0.25) is 14.4 Å². The van der Waals surface area contributed by atoms with Gasteiger partial charge in [-0.15, -0.1) is 0 Å². The molecule has 4 heterocycles. The van der Waals surface area contributed by atoms with Crippen LogP contribution in [-0.4, -0.2) is 55.4 Å². The molecule has 1 saturated heterocycles. The molecule has 1 fully saturated rings. The minimum Gasteiger partial charge on any atom is -0.341 e. The average Bonchev–Trinajstić information content (AvgIpc) is 3.52. The summed E-state index contributed by atoms with van der Waals surface area (Å²) in [7, 11) is 0. The minimum absolute atomic E-state index is 0.0255.